The first kappa shape index (κ1) is 12.4. The second-order valence-corrected chi connectivity index (χ2v) is 5.57. The summed E-state index contributed by atoms with van der Waals surface area (Å²) in [5, 5.41) is 11.8. The largest absolute Gasteiger partial charge is 0.276 e. The molecule has 0 saturated carbocycles. The van der Waals surface area contributed by atoms with Crippen molar-refractivity contribution in [3.05, 3.63) is 34.4 Å². The van der Waals surface area contributed by atoms with Gasteiger partial charge in [0.05, 0.1) is 21.9 Å². The van der Waals surface area contributed by atoms with Crippen molar-refractivity contribution in [2.75, 3.05) is 0 Å². The first-order valence-corrected chi connectivity index (χ1v) is 6.72. The fraction of sp³-hybridized carbons (Fsp3) is 0. The summed E-state index contributed by atoms with van der Waals surface area (Å²) >= 11 is 11.8. The third-order valence-electron chi connectivity index (χ3n) is 2.13. The van der Waals surface area contributed by atoms with E-state index in [0.29, 0.717) is 10.6 Å². The number of benzene rings is 1. The number of hydrogen-bond acceptors (Lipinski definition) is 3. The van der Waals surface area contributed by atoms with E-state index in [4.69, 9.17) is 28.3 Å². The highest BCUT2D eigenvalue weighted by molar-refractivity contribution is 7.89. The molecule has 0 aliphatic heterocycles. The van der Waals surface area contributed by atoms with Gasteiger partial charge in [0.15, 0.2) is 0 Å². The lowest BCUT2D eigenvalue weighted by Gasteiger charge is -2.05. The third-order valence-corrected chi connectivity index (χ3v) is 3.87. The maximum atomic E-state index is 11.3. The second kappa shape index (κ2) is 4.30. The van der Waals surface area contributed by atoms with Crippen molar-refractivity contribution in [1.82, 2.24) is 10.2 Å². The molecule has 0 spiro atoms. The van der Waals surface area contributed by atoms with Gasteiger partial charge in [-0.05, 0) is 6.07 Å². The van der Waals surface area contributed by atoms with Crippen molar-refractivity contribution in [2.24, 2.45) is 5.14 Å². The van der Waals surface area contributed by atoms with E-state index in [1.165, 1.54) is 0 Å². The number of rotatable bonds is 2. The van der Waals surface area contributed by atoms with Gasteiger partial charge in [0.1, 0.15) is 4.90 Å². The SMILES string of the molecule is NS(=O)(=O)c1cn[nH]c1-c1cccc(Cl)c1Cl. The highest BCUT2D eigenvalue weighted by atomic mass is 35.5. The smallest absolute Gasteiger partial charge is 0.241 e. The van der Waals surface area contributed by atoms with Crippen molar-refractivity contribution < 1.29 is 8.42 Å². The minimum absolute atomic E-state index is 0.123. The molecule has 1 heterocycles. The number of sulfonamides is 1. The van der Waals surface area contributed by atoms with E-state index in [2.05, 4.69) is 10.2 Å². The highest BCUT2D eigenvalue weighted by Crippen LogP contribution is 2.34. The van der Waals surface area contributed by atoms with Gasteiger partial charge in [-0.15, -0.1) is 0 Å². The van der Waals surface area contributed by atoms with Gasteiger partial charge in [-0.1, -0.05) is 35.3 Å². The Morgan fingerprint density at radius 3 is 2.65 bits per heavy atom. The van der Waals surface area contributed by atoms with Crippen molar-refractivity contribution in [3.8, 4) is 11.3 Å². The Kier molecular flexibility index (Phi) is 3.13. The first-order valence-electron chi connectivity index (χ1n) is 4.42. The molecule has 8 heteroatoms. The lowest BCUT2D eigenvalue weighted by Crippen LogP contribution is -2.12. The second-order valence-electron chi connectivity index (χ2n) is 3.26. The maximum absolute atomic E-state index is 11.3. The van der Waals surface area contributed by atoms with Crippen LogP contribution in [0, 0.1) is 0 Å². The van der Waals surface area contributed by atoms with Crippen LogP contribution in [0.1, 0.15) is 0 Å². The number of H-pyrrole nitrogens is 1. The molecular formula is C9H7Cl2N3O2S. The Morgan fingerprint density at radius 2 is 2.00 bits per heavy atom. The fourth-order valence-electron chi connectivity index (χ4n) is 1.38. The average molecular weight is 292 g/mol. The standard InChI is InChI=1S/C9H7Cl2N3O2S/c10-6-3-1-2-5(8(6)11)9-7(4-13-14-9)17(12,15)16/h1-4H,(H,13,14)(H2,12,15,16). The number of hydrogen-bond donors (Lipinski definition) is 2. The van der Waals surface area contributed by atoms with Crippen LogP contribution >= 0.6 is 23.2 Å². The molecule has 0 atom stereocenters. The summed E-state index contributed by atoms with van der Waals surface area (Å²) in [4.78, 5) is -0.123. The number of primary sulfonamides is 1. The van der Waals surface area contributed by atoms with Crippen LogP contribution in [0.5, 0.6) is 0 Å². The van der Waals surface area contributed by atoms with E-state index in [-0.39, 0.29) is 15.6 Å². The average Bonchev–Trinajstić information content (AvgIpc) is 2.70. The molecule has 0 fully saturated rings. The Balaban J connectivity index is 2.71. The number of nitrogens with one attached hydrogen (secondary N) is 1. The summed E-state index contributed by atoms with van der Waals surface area (Å²) in [7, 11) is -3.86. The zero-order valence-electron chi connectivity index (χ0n) is 8.31. The molecule has 0 saturated heterocycles. The molecule has 2 aromatic rings. The summed E-state index contributed by atoms with van der Waals surface area (Å²) in [6.07, 6.45) is 1.13. The molecule has 0 unspecified atom stereocenters. The van der Waals surface area contributed by atoms with Crippen LogP contribution in [0.15, 0.2) is 29.3 Å². The van der Waals surface area contributed by atoms with Gasteiger partial charge in [-0.2, -0.15) is 5.10 Å². The summed E-state index contributed by atoms with van der Waals surface area (Å²) < 4.78 is 22.7. The molecule has 0 aliphatic carbocycles. The van der Waals surface area contributed by atoms with Crippen LogP contribution in [-0.4, -0.2) is 18.6 Å². The molecule has 90 valence electrons. The maximum Gasteiger partial charge on any atom is 0.241 e. The minimum atomic E-state index is -3.86. The van der Waals surface area contributed by atoms with E-state index in [9.17, 15) is 8.42 Å². The third kappa shape index (κ3) is 2.30. The fourth-order valence-corrected chi connectivity index (χ4v) is 2.42. The van der Waals surface area contributed by atoms with Crippen molar-refractivity contribution >= 4 is 33.2 Å². The Labute approximate surface area is 108 Å². The minimum Gasteiger partial charge on any atom is -0.276 e. The van der Waals surface area contributed by atoms with Gasteiger partial charge in [-0.3, -0.25) is 5.10 Å². The Bertz CT molecular complexity index is 667. The van der Waals surface area contributed by atoms with Gasteiger partial charge >= 0.3 is 0 Å². The van der Waals surface area contributed by atoms with Gasteiger partial charge in [0, 0.05) is 5.56 Å². The summed E-state index contributed by atoms with van der Waals surface area (Å²) in [6.45, 7) is 0. The van der Waals surface area contributed by atoms with E-state index >= 15 is 0 Å². The summed E-state index contributed by atoms with van der Waals surface area (Å²) in [6, 6.07) is 4.87. The van der Waals surface area contributed by atoms with Gasteiger partial charge in [-0.25, -0.2) is 13.6 Å². The molecule has 0 amide bonds. The van der Waals surface area contributed by atoms with Crippen molar-refractivity contribution in [1.29, 1.82) is 0 Å². The van der Waals surface area contributed by atoms with Crippen LogP contribution in [0.3, 0.4) is 0 Å². The van der Waals surface area contributed by atoms with E-state index in [0.717, 1.165) is 6.20 Å². The monoisotopic (exact) mass is 291 g/mol. The molecular weight excluding hydrogens is 285 g/mol. The van der Waals surface area contributed by atoms with Crippen LogP contribution in [0.2, 0.25) is 10.0 Å². The zero-order chi connectivity index (χ0) is 12.6. The molecule has 0 bridgehead atoms. The van der Waals surface area contributed by atoms with Crippen LogP contribution in [0.25, 0.3) is 11.3 Å². The molecule has 3 N–H and O–H groups in total. The predicted molar refractivity (Wildman–Crippen MR) is 65.4 cm³/mol. The quantitative estimate of drug-likeness (QED) is 0.887. The molecule has 1 aromatic carbocycles. The highest BCUT2D eigenvalue weighted by Gasteiger charge is 2.19. The molecule has 0 aliphatic rings. The number of halogens is 2. The van der Waals surface area contributed by atoms with Crippen molar-refractivity contribution in [3.63, 3.8) is 0 Å². The van der Waals surface area contributed by atoms with Gasteiger partial charge < -0.3 is 0 Å². The lowest BCUT2D eigenvalue weighted by molar-refractivity contribution is 0.598. The summed E-state index contributed by atoms with van der Waals surface area (Å²) in [5.41, 5.74) is 0.653. The summed E-state index contributed by atoms with van der Waals surface area (Å²) in [5.74, 6) is 0. The van der Waals surface area contributed by atoms with Crippen molar-refractivity contribution in [2.45, 2.75) is 4.90 Å². The number of aromatic amines is 1. The van der Waals surface area contributed by atoms with Crippen LogP contribution < -0.4 is 5.14 Å². The number of nitrogens with zero attached hydrogens (tertiary/aromatic N) is 1. The normalized spacial score (nSPS) is 11.7. The molecule has 0 radical (unpaired) electrons. The number of aromatic nitrogens is 2. The number of nitrogens with two attached hydrogens (primary N) is 1. The zero-order valence-corrected chi connectivity index (χ0v) is 10.6. The first-order chi connectivity index (χ1) is 7.91. The predicted octanol–water partition coefficient (Wildman–Crippen LogP) is 2.03. The van der Waals surface area contributed by atoms with Crippen LogP contribution in [0.4, 0.5) is 0 Å². The Hall–Kier alpha value is -1.08. The molecule has 2 rings (SSSR count). The van der Waals surface area contributed by atoms with E-state index < -0.39 is 10.0 Å². The topological polar surface area (TPSA) is 88.8 Å². The molecule has 5 nitrogen and oxygen atoms in total. The van der Waals surface area contributed by atoms with Gasteiger partial charge in [0.2, 0.25) is 10.0 Å². The van der Waals surface area contributed by atoms with Crippen LogP contribution in [-0.2, 0) is 10.0 Å². The molecule has 1 aromatic heterocycles. The lowest BCUT2D eigenvalue weighted by atomic mass is 10.1. The van der Waals surface area contributed by atoms with E-state index in [1.54, 1.807) is 18.2 Å². The Morgan fingerprint density at radius 1 is 1.29 bits per heavy atom. The molecule has 17 heavy (non-hydrogen) atoms. The van der Waals surface area contributed by atoms with Gasteiger partial charge in [0.25, 0.3) is 0 Å². The van der Waals surface area contributed by atoms with E-state index in [1.807, 2.05) is 0 Å².